The summed E-state index contributed by atoms with van der Waals surface area (Å²) in [5.41, 5.74) is 3.91. The first kappa shape index (κ1) is 21.2. The van der Waals surface area contributed by atoms with Gasteiger partial charge < -0.3 is 10.1 Å². The van der Waals surface area contributed by atoms with Crippen molar-refractivity contribution in [1.29, 1.82) is 0 Å². The predicted octanol–water partition coefficient (Wildman–Crippen LogP) is 4.99. The number of halogens is 1. The Morgan fingerprint density at radius 1 is 1.21 bits per heavy atom. The number of aromatic nitrogens is 3. The first-order valence-corrected chi connectivity index (χ1v) is 10.7. The van der Waals surface area contributed by atoms with Gasteiger partial charge in [-0.2, -0.15) is 0 Å². The van der Waals surface area contributed by atoms with E-state index in [4.69, 9.17) is 16.3 Å². The third-order valence-electron chi connectivity index (χ3n) is 4.48. The van der Waals surface area contributed by atoms with Crippen molar-refractivity contribution < 1.29 is 9.53 Å². The number of nitrogens with zero attached hydrogens (tertiary/aromatic N) is 2. The van der Waals surface area contributed by atoms with E-state index < -0.39 is 0 Å². The summed E-state index contributed by atoms with van der Waals surface area (Å²) in [7, 11) is 1.59. The smallest absolute Gasteiger partial charge is 0.234 e. The van der Waals surface area contributed by atoms with E-state index in [2.05, 4.69) is 34.3 Å². The summed E-state index contributed by atoms with van der Waals surface area (Å²) in [5.74, 6) is 1.31. The Balaban J connectivity index is 1.68. The maximum Gasteiger partial charge on any atom is 0.234 e. The number of hydrogen-bond donors (Lipinski definition) is 2. The number of anilines is 1. The molecule has 1 heterocycles. The molecule has 8 heteroatoms. The summed E-state index contributed by atoms with van der Waals surface area (Å²) in [6, 6.07) is 11.4. The second kappa shape index (κ2) is 9.80. The monoisotopic (exact) mass is 430 g/mol. The molecule has 0 unspecified atom stereocenters. The predicted molar refractivity (Wildman–Crippen MR) is 118 cm³/mol. The normalized spacial score (nSPS) is 10.8. The van der Waals surface area contributed by atoms with Gasteiger partial charge >= 0.3 is 0 Å². The number of carbonyl (C=O) groups is 1. The van der Waals surface area contributed by atoms with Crippen LogP contribution in [0, 0.1) is 0 Å². The van der Waals surface area contributed by atoms with Crippen molar-refractivity contribution in [2.75, 3.05) is 18.2 Å². The van der Waals surface area contributed by atoms with E-state index in [9.17, 15) is 4.79 Å². The molecule has 6 nitrogen and oxygen atoms in total. The lowest BCUT2D eigenvalue weighted by molar-refractivity contribution is -0.113. The Morgan fingerprint density at radius 3 is 2.59 bits per heavy atom. The van der Waals surface area contributed by atoms with Crippen molar-refractivity contribution in [3.63, 3.8) is 0 Å². The van der Waals surface area contributed by atoms with Crippen LogP contribution in [0.3, 0.4) is 0 Å². The van der Waals surface area contributed by atoms with Crippen LogP contribution in [0.4, 0.5) is 5.69 Å². The van der Waals surface area contributed by atoms with E-state index in [-0.39, 0.29) is 11.7 Å². The Kier molecular flexibility index (Phi) is 7.17. The molecule has 1 amide bonds. The number of nitrogens with one attached hydrogen (secondary N) is 2. The first-order chi connectivity index (χ1) is 14.0. The number of methoxy groups -OCH3 is 1. The molecule has 0 aliphatic rings. The Labute approximate surface area is 179 Å². The molecule has 2 aromatic carbocycles. The molecule has 152 valence electrons. The number of aryl methyl sites for hydroxylation is 2. The van der Waals surface area contributed by atoms with Crippen molar-refractivity contribution in [1.82, 2.24) is 15.2 Å². The Hall–Kier alpha value is -2.51. The number of hydrogen-bond acceptors (Lipinski definition) is 5. The van der Waals surface area contributed by atoms with Gasteiger partial charge in [0.05, 0.1) is 18.4 Å². The van der Waals surface area contributed by atoms with E-state index in [1.165, 1.54) is 11.8 Å². The van der Waals surface area contributed by atoms with Gasteiger partial charge in [-0.1, -0.05) is 55.4 Å². The number of para-hydroxylation sites is 1. The molecule has 0 atom stereocenters. The fourth-order valence-electron chi connectivity index (χ4n) is 3.01. The maximum atomic E-state index is 12.5. The van der Waals surface area contributed by atoms with Crippen molar-refractivity contribution in [2.24, 2.45) is 0 Å². The number of aromatic amines is 1. The minimum atomic E-state index is -0.0858. The van der Waals surface area contributed by atoms with Crippen LogP contribution in [-0.2, 0) is 17.6 Å². The van der Waals surface area contributed by atoms with Gasteiger partial charge in [-0.15, -0.1) is 5.10 Å². The van der Waals surface area contributed by atoms with Crippen LogP contribution in [-0.4, -0.2) is 34.0 Å². The average Bonchev–Trinajstić information content (AvgIpc) is 3.21. The molecular weight excluding hydrogens is 408 g/mol. The average molecular weight is 431 g/mol. The Bertz CT molecular complexity index is 984. The minimum absolute atomic E-state index is 0.0858. The molecule has 0 spiro atoms. The van der Waals surface area contributed by atoms with E-state index in [1.54, 1.807) is 25.3 Å². The molecular formula is C21H23ClN4O2S. The largest absolute Gasteiger partial charge is 0.496 e. The molecule has 0 bridgehead atoms. The molecule has 0 saturated heterocycles. The minimum Gasteiger partial charge on any atom is -0.496 e. The van der Waals surface area contributed by atoms with Gasteiger partial charge in [-0.05, 0) is 42.2 Å². The molecule has 0 fully saturated rings. The van der Waals surface area contributed by atoms with Gasteiger partial charge in [-0.3, -0.25) is 9.89 Å². The lowest BCUT2D eigenvalue weighted by atomic mass is 10.0. The summed E-state index contributed by atoms with van der Waals surface area (Å²) in [4.78, 5) is 17.0. The number of amides is 1. The number of H-pyrrole nitrogens is 1. The van der Waals surface area contributed by atoms with Crippen molar-refractivity contribution in [2.45, 2.75) is 31.8 Å². The summed E-state index contributed by atoms with van der Waals surface area (Å²) < 4.78 is 5.35. The lowest BCUT2D eigenvalue weighted by Gasteiger charge is -2.14. The van der Waals surface area contributed by atoms with Crippen LogP contribution in [0.25, 0.3) is 11.4 Å². The topological polar surface area (TPSA) is 79.9 Å². The highest BCUT2D eigenvalue weighted by atomic mass is 35.5. The van der Waals surface area contributed by atoms with Crippen molar-refractivity contribution in [3.05, 3.63) is 52.5 Å². The first-order valence-electron chi connectivity index (χ1n) is 9.35. The molecule has 0 saturated carbocycles. The molecule has 1 aromatic heterocycles. The van der Waals surface area contributed by atoms with E-state index in [1.807, 2.05) is 18.2 Å². The van der Waals surface area contributed by atoms with E-state index >= 15 is 0 Å². The van der Waals surface area contributed by atoms with Gasteiger partial charge in [-0.25, -0.2) is 4.98 Å². The van der Waals surface area contributed by atoms with E-state index in [0.29, 0.717) is 27.3 Å². The lowest BCUT2D eigenvalue weighted by Crippen LogP contribution is -2.16. The highest BCUT2D eigenvalue weighted by Gasteiger charge is 2.14. The van der Waals surface area contributed by atoms with Crippen LogP contribution in [0.2, 0.25) is 5.02 Å². The summed E-state index contributed by atoms with van der Waals surface area (Å²) >= 11 is 7.35. The second-order valence-electron chi connectivity index (χ2n) is 6.31. The molecule has 0 aliphatic carbocycles. The number of ether oxygens (including phenoxy) is 1. The Morgan fingerprint density at radius 2 is 1.93 bits per heavy atom. The second-order valence-corrected chi connectivity index (χ2v) is 7.69. The zero-order valence-electron chi connectivity index (χ0n) is 16.6. The fraction of sp³-hybridized carbons (Fsp3) is 0.286. The number of carbonyl (C=O) groups excluding carboxylic acids is 1. The highest BCUT2D eigenvalue weighted by Crippen LogP contribution is 2.31. The zero-order chi connectivity index (χ0) is 20.8. The number of thioether (sulfide) groups is 1. The van der Waals surface area contributed by atoms with Gasteiger partial charge in [0, 0.05) is 10.7 Å². The third kappa shape index (κ3) is 5.10. The summed E-state index contributed by atoms with van der Waals surface area (Å²) in [5, 5.41) is 11.2. The summed E-state index contributed by atoms with van der Waals surface area (Å²) in [6.45, 7) is 4.16. The van der Waals surface area contributed by atoms with Gasteiger partial charge in [0.25, 0.3) is 0 Å². The van der Waals surface area contributed by atoms with Gasteiger partial charge in [0.15, 0.2) is 5.82 Å². The third-order valence-corrected chi connectivity index (χ3v) is 5.56. The summed E-state index contributed by atoms with van der Waals surface area (Å²) in [6.07, 6.45) is 1.73. The van der Waals surface area contributed by atoms with Crippen LogP contribution >= 0.6 is 23.4 Å². The quantitative estimate of drug-likeness (QED) is 0.492. The standard InChI is InChI=1S/C21H23ClN4O2S/c1-4-13-7-6-8-14(5-2)19(13)23-18(27)12-29-21-24-20(25-26-21)16-11-15(22)9-10-17(16)28-3/h6-11H,4-5,12H2,1-3H3,(H,23,27)(H,24,25,26). The fourth-order valence-corrected chi connectivity index (χ4v) is 3.78. The zero-order valence-corrected chi connectivity index (χ0v) is 18.2. The van der Waals surface area contributed by atoms with Gasteiger partial charge in [0.1, 0.15) is 5.75 Å². The molecule has 29 heavy (non-hydrogen) atoms. The molecule has 3 aromatic rings. The maximum absolute atomic E-state index is 12.5. The van der Waals surface area contributed by atoms with Crippen LogP contribution in [0.1, 0.15) is 25.0 Å². The molecule has 3 rings (SSSR count). The van der Waals surface area contributed by atoms with E-state index in [0.717, 1.165) is 29.7 Å². The van der Waals surface area contributed by atoms with Crippen molar-refractivity contribution in [3.8, 4) is 17.1 Å². The number of benzene rings is 2. The highest BCUT2D eigenvalue weighted by molar-refractivity contribution is 7.99. The SMILES string of the molecule is CCc1cccc(CC)c1NC(=O)CSc1n[nH]c(-c2cc(Cl)ccc2OC)n1. The van der Waals surface area contributed by atoms with Crippen LogP contribution < -0.4 is 10.1 Å². The number of rotatable bonds is 8. The molecule has 0 radical (unpaired) electrons. The molecule has 2 N–H and O–H groups in total. The van der Waals surface area contributed by atoms with Crippen LogP contribution in [0.5, 0.6) is 5.75 Å². The van der Waals surface area contributed by atoms with Crippen LogP contribution in [0.15, 0.2) is 41.6 Å². The van der Waals surface area contributed by atoms with Crippen molar-refractivity contribution >= 4 is 35.0 Å². The van der Waals surface area contributed by atoms with Gasteiger partial charge in [0.2, 0.25) is 11.1 Å². The molecule has 0 aliphatic heterocycles.